The summed E-state index contributed by atoms with van der Waals surface area (Å²) in [5.41, 5.74) is 0.420. The Bertz CT molecular complexity index is 1340. The zero-order chi connectivity index (χ0) is 23.3. The molecule has 1 aliphatic heterocycles. The lowest BCUT2D eigenvalue weighted by atomic mass is 9.98. The van der Waals surface area contributed by atoms with Gasteiger partial charge >= 0.3 is 6.18 Å². The van der Waals surface area contributed by atoms with Gasteiger partial charge in [-0.05, 0) is 52.6 Å². The van der Waals surface area contributed by atoms with E-state index in [0.29, 0.717) is 22.3 Å². The van der Waals surface area contributed by atoms with E-state index in [9.17, 15) is 30.8 Å². The summed E-state index contributed by atoms with van der Waals surface area (Å²) in [6, 6.07) is 10.3. The Labute approximate surface area is 181 Å². The first-order valence-electron chi connectivity index (χ1n) is 9.38. The van der Waals surface area contributed by atoms with Gasteiger partial charge in [0.05, 0.1) is 4.90 Å². The summed E-state index contributed by atoms with van der Waals surface area (Å²) in [7, 11) is -3.64. The number of aromatic nitrogens is 1. The summed E-state index contributed by atoms with van der Waals surface area (Å²) in [5.74, 6) is -1.12. The van der Waals surface area contributed by atoms with Crippen LogP contribution in [-0.4, -0.2) is 30.5 Å². The lowest BCUT2D eigenvalue weighted by Gasteiger charge is -2.19. The molecule has 0 N–H and O–H groups in total. The predicted molar refractivity (Wildman–Crippen MR) is 108 cm³/mol. The van der Waals surface area contributed by atoms with E-state index in [1.807, 2.05) is 0 Å². The molecule has 0 saturated heterocycles. The maximum atomic E-state index is 13.8. The van der Waals surface area contributed by atoms with Gasteiger partial charge in [0, 0.05) is 31.1 Å². The van der Waals surface area contributed by atoms with Gasteiger partial charge in [-0.1, -0.05) is 18.2 Å². The van der Waals surface area contributed by atoms with Crippen LogP contribution in [0.2, 0.25) is 0 Å². The quantitative estimate of drug-likeness (QED) is 0.537. The molecule has 0 saturated carbocycles. The van der Waals surface area contributed by atoms with Crippen LogP contribution in [0.15, 0.2) is 59.6 Å². The van der Waals surface area contributed by atoms with E-state index in [-0.39, 0.29) is 23.5 Å². The molecule has 0 fully saturated rings. The molecule has 3 aromatic rings. The molecular weight excluding hydrogens is 448 g/mol. The first-order chi connectivity index (χ1) is 14.9. The van der Waals surface area contributed by atoms with Crippen LogP contribution in [0.4, 0.5) is 17.6 Å². The fourth-order valence-corrected chi connectivity index (χ4v) is 4.24. The van der Waals surface area contributed by atoms with Gasteiger partial charge in [-0.25, -0.2) is 12.8 Å². The molecule has 0 aliphatic carbocycles. The van der Waals surface area contributed by atoms with E-state index >= 15 is 0 Å². The molecule has 0 atom stereocenters. The van der Waals surface area contributed by atoms with Gasteiger partial charge in [-0.2, -0.15) is 13.2 Å². The smallest absolute Gasteiger partial charge is 0.330 e. The Morgan fingerprint density at radius 3 is 2.41 bits per heavy atom. The van der Waals surface area contributed by atoms with Gasteiger partial charge in [0.2, 0.25) is 0 Å². The van der Waals surface area contributed by atoms with Gasteiger partial charge in [0.15, 0.2) is 9.84 Å². The highest BCUT2D eigenvalue weighted by molar-refractivity contribution is 7.90. The van der Waals surface area contributed by atoms with Crippen molar-refractivity contribution in [2.45, 2.75) is 24.2 Å². The Morgan fingerprint density at radius 2 is 1.75 bits per heavy atom. The number of sulfone groups is 1. The second kappa shape index (κ2) is 7.70. The number of fused-ring (bicyclic) bond motifs is 1. The number of amides is 1. The highest BCUT2D eigenvalue weighted by atomic mass is 32.2. The lowest BCUT2D eigenvalue weighted by molar-refractivity contribution is -0.141. The monoisotopic (exact) mass is 464 g/mol. The number of benzene rings is 2. The molecule has 4 rings (SSSR count). The molecule has 0 radical (unpaired) electrons. The molecule has 2 aromatic carbocycles. The van der Waals surface area contributed by atoms with Crippen molar-refractivity contribution >= 4 is 15.7 Å². The molecule has 1 amide bonds. The minimum atomic E-state index is -4.61. The molecule has 0 spiro atoms. The average molecular weight is 464 g/mol. The summed E-state index contributed by atoms with van der Waals surface area (Å²) in [6.07, 6.45) is -2.53. The number of hydrogen-bond donors (Lipinski definition) is 0. The van der Waals surface area contributed by atoms with E-state index in [1.54, 1.807) is 6.07 Å². The van der Waals surface area contributed by atoms with Crippen molar-refractivity contribution in [3.63, 3.8) is 0 Å². The van der Waals surface area contributed by atoms with Crippen LogP contribution in [0.1, 0.15) is 27.2 Å². The van der Waals surface area contributed by atoms with Crippen molar-refractivity contribution in [3.05, 3.63) is 82.9 Å². The summed E-state index contributed by atoms with van der Waals surface area (Å²) in [6.45, 7) is -0.0730. The first-order valence-corrected chi connectivity index (χ1v) is 11.3. The maximum Gasteiger partial charge on any atom is 0.433 e. The van der Waals surface area contributed by atoms with Crippen LogP contribution >= 0.6 is 0 Å². The van der Waals surface area contributed by atoms with E-state index in [1.165, 1.54) is 41.3 Å². The fraction of sp³-hybridized carbons (Fsp3) is 0.182. The third-order valence-corrected chi connectivity index (χ3v) is 6.28. The topological polar surface area (TPSA) is 67.3 Å². The molecule has 32 heavy (non-hydrogen) atoms. The summed E-state index contributed by atoms with van der Waals surface area (Å²) < 4.78 is 76.8. The van der Waals surface area contributed by atoms with Crippen LogP contribution in [0.3, 0.4) is 0 Å². The number of carbonyl (C=O) groups is 1. The van der Waals surface area contributed by atoms with E-state index in [2.05, 4.69) is 4.98 Å². The number of halogens is 4. The van der Waals surface area contributed by atoms with Crippen molar-refractivity contribution in [2.24, 2.45) is 0 Å². The molecule has 1 aromatic heterocycles. The third kappa shape index (κ3) is 4.22. The van der Waals surface area contributed by atoms with Crippen LogP contribution in [0, 0.1) is 5.82 Å². The molecule has 166 valence electrons. The maximum absolute atomic E-state index is 13.8. The van der Waals surface area contributed by atoms with E-state index < -0.39 is 33.4 Å². The second-order valence-corrected chi connectivity index (χ2v) is 9.50. The van der Waals surface area contributed by atoms with Crippen molar-refractivity contribution in [2.75, 3.05) is 6.26 Å². The largest absolute Gasteiger partial charge is 0.433 e. The minimum Gasteiger partial charge on any atom is -0.330 e. The number of hydrogen-bond acceptors (Lipinski definition) is 4. The van der Waals surface area contributed by atoms with Gasteiger partial charge in [0.25, 0.3) is 5.91 Å². The number of rotatable bonds is 3. The second-order valence-electron chi connectivity index (χ2n) is 7.49. The van der Waals surface area contributed by atoms with Gasteiger partial charge in [0.1, 0.15) is 11.5 Å². The van der Waals surface area contributed by atoms with E-state index in [0.717, 1.165) is 18.5 Å². The molecular formula is C22H16F4N2O3S. The molecule has 10 heteroatoms. The molecule has 1 aliphatic rings. The zero-order valence-corrected chi connectivity index (χ0v) is 17.5. The number of pyridine rings is 1. The van der Waals surface area contributed by atoms with Gasteiger partial charge in [-0.3, -0.25) is 9.78 Å². The van der Waals surface area contributed by atoms with Crippen LogP contribution in [0.25, 0.3) is 11.1 Å². The summed E-state index contributed by atoms with van der Waals surface area (Å²) in [5, 5.41) is 0. The molecule has 0 bridgehead atoms. The Balaban J connectivity index is 1.75. The standard InChI is InChI=1S/C22H16F4N2O3S/c1-32(30,31)17-5-6-18(13-3-2-4-16(23)7-13)19(9-17)21(29)28-11-14-8-20(22(24,25)26)27-10-15(14)12-28/h2-10H,11-12H2,1H3. The third-order valence-electron chi connectivity index (χ3n) is 5.17. The average Bonchev–Trinajstić information content (AvgIpc) is 3.15. The Kier molecular flexibility index (Phi) is 5.28. The van der Waals surface area contributed by atoms with Gasteiger partial charge in [-0.15, -0.1) is 0 Å². The normalized spacial score (nSPS) is 13.8. The van der Waals surface area contributed by atoms with Crippen molar-refractivity contribution in [1.29, 1.82) is 0 Å². The highest BCUT2D eigenvalue weighted by Crippen LogP contribution is 2.34. The number of carbonyl (C=O) groups excluding carboxylic acids is 1. The van der Waals surface area contributed by atoms with Crippen LogP contribution < -0.4 is 0 Å². The van der Waals surface area contributed by atoms with Crippen LogP contribution in [0.5, 0.6) is 0 Å². The SMILES string of the molecule is CS(=O)(=O)c1ccc(-c2cccc(F)c2)c(C(=O)N2Cc3cnc(C(F)(F)F)cc3C2)c1. The van der Waals surface area contributed by atoms with Crippen molar-refractivity contribution < 1.29 is 30.8 Å². The minimum absolute atomic E-state index is 0.00957. The molecule has 5 nitrogen and oxygen atoms in total. The lowest BCUT2D eigenvalue weighted by Crippen LogP contribution is -2.26. The number of alkyl halides is 3. The van der Waals surface area contributed by atoms with Crippen molar-refractivity contribution in [3.8, 4) is 11.1 Å². The zero-order valence-electron chi connectivity index (χ0n) is 16.6. The van der Waals surface area contributed by atoms with Crippen molar-refractivity contribution in [1.82, 2.24) is 9.88 Å². The fourth-order valence-electron chi connectivity index (χ4n) is 3.59. The predicted octanol–water partition coefficient (Wildman–Crippen LogP) is 4.47. The first kappa shape index (κ1) is 21.9. The Morgan fingerprint density at radius 1 is 1.03 bits per heavy atom. The molecule has 2 heterocycles. The van der Waals surface area contributed by atoms with Crippen LogP contribution in [-0.2, 0) is 29.1 Å². The summed E-state index contributed by atoms with van der Waals surface area (Å²) >= 11 is 0. The Hall–Kier alpha value is -3.27. The van der Waals surface area contributed by atoms with E-state index in [4.69, 9.17) is 0 Å². The van der Waals surface area contributed by atoms with Gasteiger partial charge < -0.3 is 4.90 Å². The number of nitrogens with zero attached hydrogens (tertiary/aromatic N) is 2. The highest BCUT2D eigenvalue weighted by Gasteiger charge is 2.35. The molecule has 0 unspecified atom stereocenters. The summed E-state index contributed by atoms with van der Waals surface area (Å²) in [4.78, 5) is 18.0.